The van der Waals surface area contributed by atoms with Crippen molar-refractivity contribution in [3.05, 3.63) is 69.4 Å². The minimum absolute atomic E-state index is 0.130. The van der Waals surface area contributed by atoms with Gasteiger partial charge in [-0.05, 0) is 58.6 Å². The van der Waals surface area contributed by atoms with Crippen LogP contribution in [-0.2, 0) is 6.42 Å². The fourth-order valence-electron chi connectivity index (χ4n) is 2.04. The first-order chi connectivity index (χ1) is 10.0. The molecule has 2 nitrogen and oxygen atoms in total. The van der Waals surface area contributed by atoms with Gasteiger partial charge in [-0.3, -0.25) is 4.79 Å². The van der Waals surface area contributed by atoms with Crippen LogP contribution >= 0.6 is 15.9 Å². The Hall–Kier alpha value is -1.68. The Morgan fingerprint density at radius 2 is 1.90 bits per heavy atom. The quantitative estimate of drug-likeness (QED) is 0.855. The van der Waals surface area contributed by atoms with E-state index in [0.717, 1.165) is 12.0 Å². The van der Waals surface area contributed by atoms with Gasteiger partial charge in [-0.15, -0.1) is 0 Å². The van der Waals surface area contributed by atoms with Gasteiger partial charge in [-0.25, -0.2) is 4.39 Å². The lowest BCUT2D eigenvalue weighted by atomic mass is 10.0. The van der Waals surface area contributed by atoms with Crippen molar-refractivity contribution < 1.29 is 9.18 Å². The van der Waals surface area contributed by atoms with Crippen LogP contribution in [0, 0.1) is 5.82 Å². The number of hydrogen-bond acceptors (Lipinski definition) is 1. The third-order valence-electron chi connectivity index (χ3n) is 3.42. The lowest BCUT2D eigenvalue weighted by molar-refractivity contribution is 0.0939. The summed E-state index contributed by atoms with van der Waals surface area (Å²) in [6.45, 7) is 4.01. The molecular formula is C17H17BrFNO. The summed E-state index contributed by atoms with van der Waals surface area (Å²) in [4.78, 5) is 12.1. The van der Waals surface area contributed by atoms with E-state index >= 15 is 0 Å². The fraction of sp³-hybridized carbons (Fsp3) is 0.235. The van der Waals surface area contributed by atoms with Gasteiger partial charge in [-0.2, -0.15) is 0 Å². The molecule has 1 N–H and O–H groups in total. The van der Waals surface area contributed by atoms with E-state index in [-0.39, 0.29) is 11.9 Å². The number of carbonyl (C=O) groups is 1. The minimum Gasteiger partial charge on any atom is -0.346 e. The van der Waals surface area contributed by atoms with Gasteiger partial charge in [0, 0.05) is 5.56 Å². The molecule has 0 aliphatic rings. The number of benzene rings is 2. The summed E-state index contributed by atoms with van der Waals surface area (Å²) in [5, 5.41) is 2.88. The summed E-state index contributed by atoms with van der Waals surface area (Å²) >= 11 is 3.07. The molecule has 0 aliphatic carbocycles. The Labute approximate surface area is 132 Å². The number of rotatable bonds is 4. The molecule has 1 unspecified atom stereocenters. The van der Waals surface area contributed by atoms with Crippen LogP contribution in [0.4, 0.5) is 4.39 Å². The number of nitrogens with one attached hydrogen (secondary N) is 1. The Bertz CT molecular complexity index is 640. The summed E-state index contributed by atoms with van der Waals surface area (Å²) in [5.41, 5.74) is 2.60. The van der Waals surface area contributed by atoms with Crippen molar-refractivity contribution in [2.45, 2.75) is 26.3 Å². The fourth-order valence-corrected chi connectivity index (χ4v) is 2.29. The molecule has 4 heteroatoms. The third-order valence-corrected chi connectivity index (χ3v) is 4.06. The van der Waals surface area contributed by atoms with Gasteiger partial charge in [0.1, 0.15) is 5.82 Å². The van der Waals surface area contributed by atoms with E-state index in [1.54, 1.807) is 6.07 Å². The molecule has 0 bridgehead atoms. The Balaban J connectivity index is 2.08. The van der Waals surface area contributed by atoms with Crippen LogP contribution in [0.1, 0.15) is 41.4 Å². The average Bonchev–Trinajstić information content (AvgIpc) is 2.50. The van der Waals surface area contributed by atoms with E-state index in [1.165, 1.54) is 17.7 Å². The summed E-state index contributed by atoms with van der Waals surface area (Å²) < 4.78 is 13.8. The summed E-state index contributed by atoms with van der Waals surface area (Å²) in [7, 11) is 0. The van der Waals surface area contributed by atoms with Crippen LogP contribution in [0.2, 0.25) is 0 Å². The maximum Gasteiger partial charge on any atom is 0.251 e. The van der Waals surface area contributed by atoms with Gasteiger partial charge < -0.3 is 5.32 Å². The van der Waals surface area contributed by atoms with Crippen LogP contribution in [0.25, 0.3) is 0 Å². The lowest BCUT2D eigenvalue weighted by Crippen LogP contribution is -2.26. The molecule has 0 saturated carbocycles. The summed E-state index contributed by atoms with van der Waals surface area (Å²) in [6.07, 6.45) is 0.985. The molecule has 0 saturated heterocycles. The van der Waals surface area contributed by atoms with E-state index in [4.69, 9.17) is 0 Å². The van der Waals surface area contributed by atoms with Crippen molar-refractivity contribution in [3.8, 4) is 0 Å². The molecule has 1 atom stereocenters. The summed E-state index contributed by atoms with van der Waals surface area (Å²) in [6, 6.07) is 12.3. The molecular weight excluding hydrogens is 333 g/mol. The number of amides is 1. The van der Waals surface area contributed by atoms with Gasteiger partial charge in [-0.1, -0.05) is 31.2 Å². The van der Waals surface area contributed by atoms with E-state index in [9.17, 15) is 9.18 Å². The van der Waals surface area contributed by atoms with Crippen molar-refractivity contribution in [1.82, 2.24) is 5.32 Å². The van der Waals surface area contributed by atoms with Gasteiger partial charge in [0.25, 0.3) is 5.91 Å². The highest BCUT2D eigenvalue weighted by atomic mass is 79.9. The number of halogens is 2. The van der Waals surface area contributed by atoms with Crippen molar-refractivity contribution in [1.29, 1.82) is 0 Å². The predicted molar refractivity (Wildman–Crippen MR) is 85.8 cm³/mol. The second-order valence-electron chi connectivity index (χ2n) is 4.92. The normalized spacial score (nSPS) is 12.0. The molecule has 0 fully saturated rings. The van der Waals surface area contributed by atoms with E-state index in [0.29, 0.717) is 10.0 Å². The van der Waals surface area contributed by atoms with Crippen molar-refractivity contribution in [2.75, 3.05) is 0 Å². The smallest absolute Gasteiger partial charge is 0.251 e. The molecule has 0 aliphatic heterocycles. The highest BCUT2D eigenvalue weighted by Crippen LogP contribution is 2.18. The zero-order chi connectivity index (χ0) is 15.4. The molecule has 0 radical (unpaired) electrons. The van der Waals surface area contributed by atoms with Crippen LogP contribution in [-0.4, -0.2) is 5.91 Å². The van der Waals surface area contributed by atoms with Crippen molar-refractivity contribution in [2.24, 2.45) is 0 Å². The SMILES string of the molecule is CCc1ccc(C(C)NC(=O)c2ccc(Br)c(F)c2)cc1. The molecule has 2 aromatic rings. The first-order valence-electron chi connectivity index (χ1n) is 6.86. The maximum atomic E-state index is 13.5. The lowest BCUT2D eigenvalue weighted by Gasteiger charge is -2.15. The molecule has 0 aromatic heterocycles. The van der Waals surface area contributed by atoms with Crippen LogP contribution in [0.5, 0.6) is 0 Å². The number of aryl methyl sites for hydroxylation is 1. The molecule has 0 spiro atoms. The minimum atomic E-state index is -0.442. The zero-order valence-corrected chi connectivity index (χ0v) is 13.6. The molecule has 0 heterocycles. The first-order valence-corrected chi connectivity index (χ1v) is 7.65. The summed E-state index contributed by atoms with van der Waals surface area (Å²) in [5.74, 6) is -0.726. The van der Waals surface area contributed by atoms with Crippen molar-refractivity contribution >= 4 is 21.8 Å². The third kappa shape index (κ3) is 3.91. The Morgan fingerprint density at radius 3 is 2.48 bits per heavy atom. The Morgan fingerprint density at radius 1 is 1.24 bits per heavy atom. The second kappa shape index (κ2) is 6.85. The van der Waals surface area contributed by atoms with Crippen LogP contribution < -0.4 is 5.32 Å². The molecule has 2 aromatic carbocycles. The second-order valence-corrected chi connectivity index (χ2v) is 5.77. The molecule has 110 valence electrons. The van der Waals surface area contributed by atoms with E-state index in [1.807, 2.05) is 19.1 Å². The number of hydrogen-bond donors (Lipinski definition) is 1. The van der Waals surface area contributed by atoms with Gasteiger partial charge in [0.15, 0.2) is 0 Å². The highest BCUT2D eigenvalue weighted by molar-refractivity contribution is 9.10. The van der Waals surface area contributed by atoms with Crippen LogP contribution in [0.15, 0.2) is 46.9 Å². The monoisotopic (exact) mass is 349 g/mol. The maximum absolute atomic E-state index is 13.5. The average molecular weight is 350 g/mol. The highest BCUT2D eigenvalue weighted by Gasteiger charge is 2.13. The predicted octanol–water partition coefficient (Wildman–Crippen LogP) is 4.64. The Kier molecular flexibility index (Phi) is 5.12. The van der Waals surface area contributed by atoms with Gasteiger partial charge in [0.05, 0.1) is 10.5 Å². The van der Waals surface area contributed by atoms with Gasteiger partial charge in [0.2, 0.25) is 0 Å². The molecule has 21 heavy (non-hydrogen) atoms. The van der Waals surface area contributed by atoms with Crippen LogP contribution in [0.3, 0.4) is 0 Å². The topological polar surface area (TPSA) is 29.1 Å². The van der Waals surface area contributed by atoms with E-state index < -0.39 is 5.82 Å². The standard InChI is InChI=1S/C17H17BrFNO/c1-3-12-4-6-13(7-5-12)11(2)20-17(21)14-8-9-15(18)16(19)10-14/h4-11H,3H2,1-2H3,(H,20,21). The van der Waals surface area contributed by atoms with Gasteiger partial charge >= 0.3 is 0 Å². The molecule has 1 amide bonds. The first kappa shape index (κ1) is 15.7. The molecule has 2 rings (SSSR count). The van der Waals surface area contributed by atoms with Crippen molar-refractivity contribution in [3.63, 3.8) is 0 Å². The van der Waals surface area contributed by atoms with E-state index in [2.05, 4.69) is 40.3 Å². The number of carbonyl (C=O) groups excluding carboxylic acids is 1. The largest absolute Gasteiger partial charge is 0.346 e. The zero-order valence-electron chi connectivity index (χ0n) is 12.0.